The Morgan fingerprint density at radius 3 is 2.64 bits per heavy atom. The smallest absolute Gasteiger partial charge is 0.291 e. The Morgan fingerprint density at radius 1 is 1.30 bits per heavy atom. The van der Waals surface area contributed by atoms with E-state index in [0.717, 1.165) is 47.9 Å². The molecule has 13 heteroatoms. The number of anilines is 1. The summed E-state index contributed by atoms with van der Waals surface area (Å²) < 4.78 is 43.6. The van der Waals surface area contributed by atoms with Gasteiger partial charge < -0.3 is 14.6 Å². The number of nitrogens with zero attached hydrogens (tertiary/aromatic N) is 5. The Labute approximate surface area is 198 Å². The number of pyridine rings is 1. The summed E-state index contributed by atoms with van der Waals surface area (Å²) in [6, 6.07) is 2.03. The summed E-state index contributed by atoms with van der Waals surface area (Å²) in [6.07, 6.45) is 3.91. The lowest BCUT2D eigenvalue weighted by Gasteiger charge is -2.35. The highest BCUT2D eigenvalue weighted by Crippen LogP contribution is 2.48. The van der Waals surface area contributed by atoms with Gasteiger partial charge in [-0.1, -0.05) is 11.3 Å². The van der Waals surface area contributed by atoms with E-state index in [1.54, 1.807) is 6.20 Å². The van der Waals surface area contributed by atoms with Crippen LogP contribution in [0.4, 0.5) is 14.5 Å². The molecular formula is C20H25F2N6O2PS2. The van der Waals surface area contributed by atoms with Crippen molar-refractivity contribution in [2.24, 2.45) is 0 Å². The van der Waals surface area contributed by atoms with Crippen LogP contribution in [-0.2, 0) is 4.57 Å². The molecule has 33 heavy (non-hydrogen) atoms. The highest BCUT2D eigenvalue weighted by atomic mass is 32.2. The standard InChI is InChI=1S/C20H25F2N6O2PS2/c1-31(2,30)12-3-7-27(8-4-12)14-9-13(33-26-20(29)5-6-20)11-28-15(10-23-17(14)28)18-24-25-19(32-18)16(21)22/h9-12,16,26,29H,3-8H2,1-2H3. The maximum atomic E-state index is 13.1. The zero-order valence-corrected chi connectivity index (χ0v) is 20.8. The van der Waals surface area contributed by atoms with E-state index >= 15 is 0 Å². The minimum absolute atomic E-state index is 0.220. The van der Waals surface area contributed by atoms with Crippen LogP contribution in [0.5, 0.6) is 0 Å². The summed E-state index contributed by atoms with van der Waals surface area (Å²) in [6.45, 7) is 5.23. The fourth-order valence-electron chi connectivity index (χ4n) is 4.02. The zero-order valence-electron chi connectivity index (χ0n) is 18.2. The van der Waals surface area contributed by atoms with Crippen LogP contribution in [0, 0.1) is 0 Å². The summed E-state index contributed by atoms with van der Waals surface area (Å²) >= 11 is 2.18. The molecule has 178 valence electrons. The molecule has 1 aliphatic carbocycles. The fraction of sp³-hybridized carbons (Fsp3) is 0.550. The lowest BCUT2D eigenvalue weighted by atomic mass is 10.1. The average molecular weight is 515 g/mol. The van der Waals surface area contributed by atoms with E-state index in [4.69, 9.17) is 0 Å². The highest BCUT2D eigenvalue weighted by molar-refractivity contribution is 7.97. The Hall–Kier alpha value is -1.59. The fourth-order valence-corrected chi connectivity index (χ4v) is 7.04. The quantitative estimate of drug-likeness (QED) is 0.271. The van der Waals surface area contributed by atoms with Crippen molar-refractivity contribution >= 4 is 41.8 Å². The van der Waals surface area contributed by atoms with Crippen molar-refractivity contribution in [2.75, 3.05) is 31.3 Å². The first-order chi connectivity index (χ1) is 15.6. The van der Waals surface area contributed by atoms with Crippen molar-refractivity contribution in [1.29, 1.82) is 0 Å². The van der Waals surface area contributed by atoms with Gasteiger partial charge in [0, 0.05) is 29.8 Å². The normalized spacial score (nSPS) is 19.0. The number of fused-ring (bicyclic) bond motifs is 1. The van der Waals surface area contributed by atoms with Crippen LogP contribution < -0.4 is 9.62 Å². The van der Waals surface area contributed by atoms with Gasteiger partial charge in [-0.2, -0.15) is 0 Å². The monoisotopic (exact) mass is 514 g/mol. The maximum Gasteiger partial charge on any atom is 0.291 e. The molecule has 1 aliphatic heterocycles. The number of rotatable bonds is 7. The van der Waals surface area contributed by atoms with E-state index in [0.29, 0.717) is 29.2 Å². The number of hydrogen-bond donors (Lipinski definition) is 2. The third kappa shape index (κ3) is 4.81. The maximum absolute atomic E-state index is 13.1. The number of hydrogen-bond acceptors (Lipinski definition) is 9. The topological polar surface area (TPSA) is 95.7 Å². The first-order valence-corrected chi connectivity index (χ1v) is 15.0. The number of alkyl halides is 2. The molecule has 0 amide bonds. The Bertz CT molecular complexity index is 1220. The molecule has 4 heterocycles. The molecule has 0 atom stereocenters. The minimum atomic E-state index is -2.67. The molecule has 2 N–H and O–H groups in total. The van der Waals surface area contributed by atoms with E-state index in [1.165, 1.54) is 11.9 Å². The van der Waals surface area contributed by atoms with Crippen LogP contribution >= 0.6 is 30.4 Å². The molecule has 3 aromatic heterocycles. The van der Waals surface area contributed by atoms with Crippen molar-refractivity contribution in [3.63, 3.8) is 0 Å². The summed E-state index contributed by atoms with van der Waals surface area (Å²) in [7, 11) is -2.15. The van der Waals surface area contributed by atoms with E-state index < -0.39 is 19.3 Å². The largest absolute Gasteiger partial charge is 0.375 e. The van der Waals surface area contributed by atoms with Gasteiger partial charge in [-0.25, -0.2) is 18.5 Å². The van der Waals surface area contributed by atoms with Gasteiger partial charge >= 0.3 is 0 Å². The second-order valence-corrected chi connectivity index (χ2v) is 14.5. The van der Waals surface area contributed by atoms with E-state index in [2.05, 4.69) is 24.8 Å². The Morgan fingerprint density at radius 2 is 2.03 bits per heavy atom. The van der Waals surface area contributed by atoms with Gasteiger partial charge in [0.15, 0.2) is 15.7 Å². The van der Waals surface area contributed by atoms with Crippen LogP contribution in [-0.4, -0.2) is 62.5 Å². The van der Waals surface area contributed by atoms with Crippen LogP contribution in [0.2, 0.25) is 0 Å². The van der Waals surface area contributed by atoms with Crippen molar-refractivity contribution < 1.29 is 18.5 Å². The van der Waals surface area contributed by atoms with E-state index in [-0.39, 0.29) is 10.7 Å². The molecule has 5 rings (SSSR count). The molecule has 0 unspecified atom stereocenters. The number of aliphatic hydroxyl groups is 1. The molecule has 2 aliphatic rings. The molecule has 8 nitrogen and oxygen atoms in total. The van der Waals surface area contributed by atoms with Gasteiger partial charge in [0.1, 0.15) is 11.4 Å². The zero-order chi connectivity index (χ0) is 23.4. The van der Waals surface area contributed by atoms with E-state index in [9.17, 15) is 18.5 Å². The molecule has 2 fully saturated rings. The third-order valence-electron chi connectivity index (χ3n) is 6.17. The second-order valence-electron chi connectivity index (χ2n) is 9.03. The molecule has 1 saturated carbocycles. The lowest BCUT2D eigenvalue weighted by molar-refractivity contribution is 0.142. The lowest BCUT2D eigenvalue weighted by Crippen LogP contribution is -2.36. The predicted octanol–water partition coefficient (Wildman–Crippen LogP) is 4.46. The van der Waals surface area contributed by atoms with Gasteiger partial charge in [0.25, 0.3) is 6.43 Å². The second kappa shape index (κ2) is 8.57. The van der Waals surface area contributed by atoms with E-state index in [1.807, 2.05) is 30.0 Å². The van der Waals surface area contributed by atoms with Gasteiger partial charge in [-0.15, -0.1) is 10.2 Å². The predicted molar refractivity (Wildman–Crippen MR) is 127 cm³/mol. The molecule has 1 saturated heterocycles. The molecule has 3 aromatic rings. The van der Waals surface area contributed by atoms with Gasteiger partial charge in [-0.05, 0) is 57.0 Å². The van der Waals surface area contributed by atoms with Crippen LogP contribution in [0.1, 0.15) is 37.1 Å². The first-order valence-electron chi connectivity index (χ1n) is 10.7. The highest BCUT2D eigenvalue weighted by Gasteiger charge is 2.40. The molecule has 0 spiro atoms. The molecule has 0 bridgehead atoms. The molecule has 0 aromatic carbocycles. The van der Waals surface area contributed by atoms with Crippen molar-refractivity contribution in [3.8, 4) is 10.7 Å². The van der Waals surface area contributed by atoms with Crippen LogP contribution in [0.25, 0.3) is 16.3 Å². The van der Waals surface area contributed by atoms with Crippen molar-refractivity contribution in [3.05, 3.63) is 23.5 Å². The number of imidazole rings is 1. The SMILES string of the molecule is CP(C)(=O)C1CCN(c2cc(SNC3(O)CC3)cn3c(-c4nnc(C(F)F)s4)cnc23)CC1. The summed E-state index contributed by atoms with van der Waals surface area (Å²) in [5, 5.41) is 17.8. The Balaban J connectivity index is 1.51. The van der Waals surface area contributed by atoms with Crippen LogP contribution in [0.3, 0.4) is 0 Å². The van der Waals surface area contributed by atoms with Crippen molar-refractivity contribution in [1.82, 2.24) is 24.3 Å². The number of piperidine rings is 1. The summed E-state index contributed by atoms with van der Waals surface area (Å²) in [5.74, 6) is 0. The minimum Gasteiger partial charge on any atom is -0.375 e. The van der Waals surface area contributed by atoms with Crippen LogP contribution in [0.15, 0.2) is 23.4 Å². The molecular weight excluding hydrogens is 489 g/mol. The number of aromatic nitrogens is 4. The first kappa shape index (κ1) is 23.2. The number of nitrogens with one attached hydrogen (secondary N) is 1. The Kier molecular flexibility index (Phi) is 6.01. The average Bonchev–Trinajstić information content (AvgIpc) is 3.16. The van der Waals surface area contributed by atoms with Crippen molar-refractivity contribution in [2.45, 2.75) is 48.4 Å². The summed E-state index contributed by atoms with van der Waals surface area (Å²) in [4.78, 5) is 7.68. The number of halogens is 2. The van der Waals surface area contributed by atoms with Gasteiger partial charge in [0.2, 0.25) is 0 Å². The molecule has 0 radical (unpaired) electrons. The van der Waals surface area contributed by atoms with Gasteiger partial charge in [-0.3, -0.25) is 4.40 Å². The third-order valence-corrected chi connectivity index (χ3v) is 10.3. The summed E-state index contributed by atoms with van der Waals surface area (Å²) in [5.41, 5.74) is 1.57. The van der Waals surface area contributed by atoms with Gasteiger partial charge in [0.05, 0.1) is 19.0 Å².